The summed E-state index contributed by atoms with van der Waals surface area (Å²) < 4.78 is 45.5. The summed E-state index contributed by atoms with van der Waals surface area (Å²) in [4.78, 5) is 25.1. The summed E-state index contributed by atoms with van der Waals surface area (Å²) in [5, 5.41) is 9.18. The molecule has 3 rings (SSSR count). The molecule has 1 N–H and O–H groups in total. The highest BCUT2D eigenvalue weighted by Gasteiger charge is 2.32. The van der Waals surface area contributed by atoms with Gasteiger partial charge in [0.25, 0.3) is 5.91 Å². The first-order valence-corrected chi connectivity index (χ1v) is 7.96. The molecule has 6 nitrogen and oxygen atoms in total. The van der Waals surface area contributed by atoms with Crippen molar-refractivity contribution in [2.24, 2.45) is 7.05 Å². The number of amides is 1. The zero-order valence-electron chi connectivity index (χ0n) is 13.9. The SMILES string of the molecule is Cn1c(C(=O)N2CCOC(CC(=O)O)C2)cc2cc(C(F)(F)F)ccc21. The van der Waals surface area contributed by atoms with Crippen LogP contribution in [0.1, 0.15) is 22.5 Å². The molecule has 1 aliphatic rings. The minimum absolute atomic E-state index is 0.125. The molecule has 1 unspecified atom stereocenters. The van der Waals surface area contributed by atoms with Gasteiger partial charge in [0.1, 0.15) is 5.69 Å². The third-order valence-electron chi connectivity index (χ3n) is 4.42. The topological polar surface area (TPSA) is 71.8 Å². The van der Waals surface area contributed by atoms with Gasteiger partial charge in [0.2, 0.25) is 0 Å². The lowest BCUT2D eigenvalue weighted by atomic mass is 10.1. The molecular formula is C17H17F3N2O4. The van der Waals surface area contributed by atoms with Crippen molar-refractivity contribution in [3.63, 3.8) is 0 Å². The number of nitrogens with zero attached hydrogens (tertiary/aromatic N) is 2. The van der Waals surface area contributed by atoms with Gasteiger partial charge in [0.15, 0.2) is 0 Å². The molecule has 2 heterocycles. The minimum Gasteiger partial charge on any atom is -0.481 e. The highest BCUT2D eigenvalue weighted by atomic mass is 19.4. The van der Waals surface area contributed by atoms with Crippen molar-refractivity contribution in [2.45, 2.75) is 18.7 Å². The summed E-state index contributed by atoms with van der Waals surface area (Å²) in [5.41, 5.74) is -0.0190. The smallest absolute Gasteiger partial charge is 0.416 e. The summed E-state index contributed by atoms with van der Waals surface area (Å²) in [7, 11) is 1.61. The Bertz CT molecular complexity index is 860. The van der Waals surface area contributed by atoms with Gasteiger partial charge in [-0.3, -0.25) is 9.59 Å². The molecule has 1 aliphatic heterocycles. The van der Waals surface area contributed by atoms with E-state index in [0.29, 0.717) is 17.4 Å². The maximum Gasteiger partial charge on any atom is 0.416 e. The number of carbonyl (C=O) groups is 2. The maximum atomic E-state index is 12.9. The van der Waals surface area contributed by atoms with Crippen molar-refractivity contribution in [1.29, 1.82) is 0 Å². The summed E-state index contributed by atoms with van der Waals surface area (Å²) >= 11 is 0. The summed E-state index contributed by atoms with van der Waals surface area (Å²) in [5.74, 6) is -1.38. The second kappa shape index (κ2) is 6.64. The van der Waals surface area contributed by atoms with E-state index in [0.717, 1.165) is 12.1 Å². The maximum absolute atomic E-state index is 12.9. The molecule has 2 aromatic rings. The number of aromatic nitrogens is 1. The number of carboxylic acid groups (broad SMARTS) is 1. The first-order valence-electron chi connectivity index (χ1n) is 7.96. The van der Waals surface area contributed by atoms with Gasteiger partial charge in [0, 0.05) is 31.0 Å². The standard InChI is InChI=1S/C17H17F3N2O4/c1-21-13-3-2-11(17(18,19)20)6-10(13)7-14(21)16(25)22-4-5-26-12(9-22)8-15(23)24/h2-3,6-7,12H,4-5,8-9H2,1H3,(H,23,24). The second-order valence-electron chi connectivity index (χ2n) is 6.20. The molecule has 26 heavy (non-hydrogen) atoms. The van der Waals surface area contributed by atoms with Crippen LogP contribution >= 0.6 is 0 Å². The van der Waals surface area contributed by atoms with E-state index in [-0.39, 0.29) is 31.2 Å². The molecule has 1 amide bonds. The number of halogens is 3. The largest absolute Gasteiger partial charge is 0.481 e. The zero-order chi connectivity index (χ0) is 19.1. The Balaban J connectivity index is 1.88. The van der Waals surface area contributed by atoms with Crippen LogP contribution in [0.4, 0.5) is 13.2 Å². The summed E-state index contributed by atoms with van der Waals surface area (Å²) in [6.45, 7) is 0.636. The van der Waals surface area contributed by atoms with Crippen molar-refractivity contribution in [3.05, 3.63) is 35.5 Å². The van der Waals surface area contributed by atoms with Gasteiger partial charge in [-0.1, -0.05) is 0 Å². The van der Waals surface area contributed by atoms with E-state index < -0.39 is 23.8 Å². The molecule has 0 radical (unpaired) electrons. The highest BCUT2D eigenvalue weighted by molar-refractivity contribution is 5.99. The molecule has 1 atom stereocenters. The van der Waals surface area contributed by atoms with Crippen LogP contribution in [0.2, 0.25) is 0 Å². The number of alkyl halides is 3. The second-order valence-corrected chi connectivity index (χ2v) is 6.20. The Kier molecular flexibility index (Phi) is 4.66. The predicted molar refractivity (Wildman–Crippen MR) is 85.8 cm³/mol. The molecule has 1 fully saturated rings. The number of aryl methyl sites for hydroxylation is 1. The number of carbonyl (C=O) groups excluding carboxylic acids is 1. The first kappa shape index (κ1) is 18.2. The van der Waals surface area contributed by atoms with Crippen LogP contribution in [0, 0.1) is 0 Å². The van der Waals surface area contributed by atoms with Gasteiger partial charge in [0.05, 0.1) is 24.7 Å². The highest BCUT2D eigenvalue weighted by Crippen LogP contribution is 2.32. The molecule has 140 valence electrons. The van der Waals surface area contributed by atoms with E-state index in [1.807, 2.05) is 0 Å². The van der Waals surface area contributed by atoms with E-state index in [2.05, 4.69) is 0 Å². The number of aliphatic carboxylic acids is 1. The Hall–Kier alpha value is -2.55. The number of morpholine rings is 1. The van der Waals surface area contributed by atoms with E-state index in [1.54, 1.807) is 11.6 Å². The van der Waals surface area contributed by atoms with Crippen molar-refractivity contribution in [2.75, 3.05) is 19.7 Å². The fraction of sp³-hybridized carbons (Fsp3) is 0.412. The molecule has 0 spiro atoms. The molecular weight excluding hydrogens is 353 g/mol. The van der Waals surface area contributed by atoms with Gasteiger partial charge < -0.3 is 19.3 Å². The molecule has 0 bridgehead atoms. The van der Waals surface area contributed by atoms with Crippen LogP contribution in [-0.4, -0.2) is 52.3 Å². The molecule has 9 heteroatoms. The van der Waals surface area contributed by atoms with E-state index in [1.165, 1.54) is 17.0 Å². The number of ether oxygens (including phenoxy) is 1. The Morgan fingerprint density at radius 3 is 2.69 bits per heavy atom. The Morgan fingerprint density at radius 2 is 2.04 bits per heavy atom. The lowest BCUT2D eigenvalue weighted by Crippen LogP contribution is -2.46. The number of fused-ring (bicyclic) bond motifs is 1. The van der Waals surface area contributed by atoms with E-state index in [9.17, 15) is 22.8 Å². The average molecular weight is 370 g/mol. The summed E-state index contributed by atoms with van der Waals surface area (Å²) in [6, 6.07) is 4.75. The van der Waals surface area contributed by atoms with Crippen LogP contribution in [0.3, 0.4) is 0 Å². The van der Waals surface area contributed by atoms with Gasteiger partial charge in [-0.05, 0) is 24.3 Å². The van der Waals surface area contributed by atoms with Gasteiger partial charge in [-0.2, -0.15) is 13.2 Å². The third-order valence-corrected chi connectivity index (χ3v) is 4.42. The van der Waals surface area contributed by atoms with Crippen molar-refractivity contribution >= 4 is 22.8 Å². The lowest BCUT2D eigenvalue weighted by molar-refractivity contribution is -0.141. The van der Waals surface area contributed by atoms with Crippen LogP contribution < -0.4 is 0 Å². The van der Waals surface area contributed by atoms with Gasteiger partial charge >= 0.3 is 12.1 Å². The Morgan fingerprint density at radius 1 is 1.31 bits per heavy atom. The van der Waals surface area contributed by atoms with Crippen molar-refractivity contribution in [3.8, 4) is 0 Å². The number of rotatable bonds is 3. The fourth-order valence-corrected chi connectivity index (χ4v) is 3.12. The van der Waals surface area contributed by atoms with Crippen molar-refractivity contribution < 1.29 is 32.6 Å². The van der Waals surface area contributed by atoms with Gasteiger partial charge in [-0.15, -0.1) is 0 Å². The molecule has 1 saturated heterocycles. The molecule has 1 aromatic heterocycles. The zero-order valence-corrected chi connectivity index (χ0v) is 13.9. The lowest BCUT2D eigenvalue weighted by Gasteiger charge is -2.32. The quantitative estimate of drug-likeness (QED) is 0.901. The van der Waals surface area contributed by atoms with Crippen LogP contribution in [0.5, 0.6) is 0 Å². The fourth-order valence-electron chi connectivity index (χ4n) is 3.12. The van der Waals surface area contributed by atoms with E-state index in [4.69, 9.17) is 9.84 Å². The summed E-state index contributed by atoms with van der Waals surface area (Å²) in [6.07, 6.45) is -5.27. The van der Waals surface area contributed by atoms with Crippen LogP contribution in [0.15, 0.2) is 24.3 Å². The minimum atomic E-state index is -4.46. The average Bonchev–Trinajstić information content (AvgIpc) is 2.89. The molecule has 0 aliphatic carbocycles. The van der Waals surface area contributed by atoms with Crippen molar-refractivity contribution in [1.82, 2.24) is 9.47 Å². The number of hydrogen-bond acceptors (Lipinski definition) is 3. The molecule has 1 aromatic carbocycles. The Labute approximate surface area is 146 Å². The van der Waals surface area contributed by atoms with Crippen LogP contribution in [0.25, 0.3) is 10.9 Å². The third kappa shape index (κ3) is 3.52. The normalized spacial score (nSPS) is 18.3. The predicted octanol–water partition coefficient (Wildman–Crippen LogP) is 2.51. The first-order chi connectivity index (χ1) is 12.2. The number of benzene rings is 1. The number of hydrogen-bond donors (Lipinski definition) is 1. The van der Waals surface area contributed by atoms with Crippen LogP contribution in [-0.2, 0) is 22.8 Å². The number of carboxylic acids is 1. The molecule has 0 saturated carbocycles. The van der Waals surface area contributed by atoms with Gasteiger partial charge in [-0.25, -0.2) is 0 Å². The van der Waals surface area contributed by atoms with E-state index >= 15 is 0 Å². The monoisotopic (exact) mass is 370 g/mol.